The number of methoxy groups -OCH3 is 1. The predicted octanol–water partition coefficient (Wildman–Crippen LogP) is 3.39. The van der Waals surface area contributed by atoms with Gasteiger partial charge in [-0.2, -0.15) is 5.10 Å². The van der Waals surface area contributed by atoms with Crippen molar-refractivity contribution in [1.29, 1.82) is 0 Å². The number of ether oxygens (including phenoxy) is 1. The Labute approximate surface area is 198 Å². The summed E-state index contributed by atoms with van der Waals surface area (Å²) in [6, 6.07) is 23.2. The molecule has 2 N–H and O–H groups in total. The number of hydrogen-bond acceptors (Lipinski definition) is 5. The number of aromatic nitrogens is 2. The van der Waals surface area contributed by atoms with Crippen LogP contribution in [0.3, 0.4) is 0 Å². The zero-order chi connectivity index (χ0) is 24.1. The van der Waals surface area contributed by atoms with E-state index in [0.29, 0.717) is 17.0 Å². The Morgan fingerprint density at radius 2 is 1.65 bits per heavy atom. The molecule has 1 aromatic heterocycles. The summed E-state index contributed by atoms with van der Waals surface area (Å²) in [6.07, 6.45) is 1.70. The van der Waals surface area contributed by atoms with Gasteiger partial charge < -0.3 is 10.1 Å². The Hall–Kier alpha value is -3.95. The molecule has 0 unspecified atom stereocenters. The predicted molar refractivity (Wildman–Crippen MR) is 129 cm³/mol. The van der Waals surface area contributed by atoms with Crippen molar-refractivity contribution < 1.29 is 17.9 Å². The van der Waals surface area contributed by atoms with E-state index in [1.165, 1.54) is 19.2 Å². The highest BCUT2D eigenvalue weighted by Crippen LogP contribution is 2.26. The van der Waals surface area contributed by atoms with E-state index in [4.69, 9.17) is 4.74 Å². The molecule has 9 heteroatoms. The van der Waals surface area contributed by atoms with Crippen LogP contribution in [0, 0.1) is 0 Å². The monoisotopic (exact) mass is 476 g/mol. The lowest BCUT2D eigenvalue weighted by molar-refractivity contribution is 0.0951. The van der Waals surface area contributed by atoms with Gasteiger partial charge in [0.2, 0.25) is 10.0 Å². The van der Waals surface area contributed by atoms with Crippen LogP contribution < -0.4 is 14.8 Å². The first-order chi connectivity index (χ1) is 16.4. The molecule has 0 aliphatic carbocycles. The Kier molecular flexibility index (Phi) is 6.76. The maximum Gasteiger partial charge on any atom is 0.255 e. The lowest BCUT2D eigenvalue weighted by Crippen LogP contribution is -2.23. The first-order valence-electron chi connectivity index (χ1n) is 10.5. The van der Waals surface area contributed by atoms with Crippen molar-refractivity contribution in [3.63, 3.8) is 0 Å². The molecule has 0 atom stereocenters. The molecule has 4 aromatic rings. The Morgan fingerprint density at radius 3 is 2.26 bits per heavy atom. The number of nitrogens with zero attached hydrogens (tertiary/aromatic N) is 2. The fourth-order valence-corrected chi connectivity index (χ4v) is 4.13. The summed E-state index contributed by atoms with van der Waals surface area (Å²) in [5, 5.41) is 7.57. The molecule has 0 radical (unpaired) electrons. The maximum absolute atomic E-state index is 13.2. The SMILES string of the molecule is CNS(=O)(=O)c1ccc(CNC(=O)c2cn(-c3ccccc3)nc2-c2ccc(OC)cc2)cc1. The quantitative estimate of drug-likeness (QED) is 0.406. The van der Waals surface area contributed by atoms with Crippen molar-refractivity contribution in [3.05, 3.63) is 96.2 Å². The number of nitrogens with one attached hydrogen (secondary N) is 2. The van der Waals surface area contributed by atoms with Crippen LogP contribution in [0.15, 0.2) is 90.0 Å². The van der Waals surface area contributed by atoms with Crippen molar-refractivity contribution in [2.24, 2.45) is 0 Å². The Bertz CT molecular complexity index is 1380. The fraction of sp³-hybridized carbons (Fsp3) is 0.120. The Balaban J connectivity index is 1.60. The van der Waals surface area contributed by atoms with Crippen molar-refractivity contribution in [3.8, 4) is 22.7 Å². The largest absolute Gasteiger partial charge is 0.497 e. The van der Waals surface area contributed by atoms with Gasteiger partial charge in [0.05, 0.1) is 23.3 Å². The number of benzene rings is 3. The van der Waals surface area contributed by atoms with E-state index in [1.807, 2.05) is 54.6 Å². The third-order valence-corrected chi connectivity index (χ3v) is 6.73. The summed E-state index contributed by atoms with van der Waals surface area (Å²) in [5.74, 6) is 0.417. The number of sulfonamides is 1. The molecule has 0 fully saturated rings. The van der Waals surface area contributed by atoms with Crippen LogP contribution >= 0.6 is 0 Å². The standard InChI is InChI=1S/C25H24N4O4S/c1-26-34(31,32)22-14-8-18(9-15-22)16-27-25(30)23-17-29(20-6-4-3-5-7-20)28-24(23)19-10-12-21(33-2)13-11-19/h3-15,17,26H,16H2,1-2H3,(H,27,30). The minimum Gasteiger partial charge on any atom is -0.497 e. The van der Waals surface area contributed by atoms with Crippen molar-refractivity contribution >= 4 is 15.9 Å². The molecule has 8 nitrogen and oxygen atoms in total. The van der Waals surface area contributed by atoms with Crippen LogP contribution in [0.25, 0.3) is 16.9 Å². The van der Waals surface area contributed by atoms with E-state index >= 15 is 0 Å². The lowest BCUT2D eigenvalue weighted by Gasteiger charge is -2.07. The molecule has 0 saturated heterocycles. The highest BCUT2D eigenvalue weighted by molar-refractivity contribution is 7.89. The van der Waals surface area contributed by atoms with Gasteiger partial charge in [-0.05, 0) is 61.1 Å². The second kappa shape index (κ2) is 9.90. The summed E-state index contributed by atoms with van der Waals surface area (Å²) >= 11 is 0. The summed E-state index contributed by atoms with van der Waals surface area (Å²) in [6.45, 7) is 0.233. The lowest BCUT2D eigenvalue weighted by atomic mass is 10.1. The van der Waals surface area contributed by atoms with Gasteiger partial charge in [-0.15, -0.1) is 0 Å². The average Bonchev–Trinajstić information content (AvgIpc) is 3.34. The number of para-hydroxylation sites is 1. The van der Waals surface area contributed by atoms with Gasteiger partial charge >= 0.3 is 0 Å². The van der Waals surface area contributed by atoms with E-state index in [0.717, 1.165) is 16.8 Å². The van der Waals surface area contributed by atoms with Gasteiger partial charge in [-0.3, -0.25) is 4.79 Å². The van der Waals surface area contributed by atoms with E-state index in [-0.39, 0.29) is 17.3 Å². The van der Waals surface area contributed by atoms with E-state index in [1.54, 1.807) is 30.1 Å². The van der Waals surface area contributed by atoms with Crippen LogP contribution in [-0.2, 0) is 16.6 Å². The van der Waals surface area contributed by atoms with E-state index in [2.05, 4.69) is 15.1 Å². The molecule has 0 aliphatic rings. The second-order valence-corrected chi connectivity index (χ2v) is 9.32. The number of carbonyl (C=O) groups excluding carboxylic acids is 1. The summed E-state index contributed by atoms with van der Waals surface area (Å²) < 4.78 is 33.0. The molecule has 0 saturated carbocycles. The van der Waals surface area contributed by atoms with Crippen molar-refractivity contribution in [1.82, 2.24) is 19.8 Å². The molecular formula is C25H24N4O4S. The third kappa shape index (κ3) is 5.00. The first-order valence-corrected chi connectivity index (χ1v) is 12.0. The molecular weight excluding hydrogens is 452 g/mol. The summed E-state index contributed by atoms with van der Waals surface area (Å²) in [7, 11) is -0.555. The van der Waals surface area contributed by atoms with Gasteiger partial charge in [0.25, 0.3) is 5.91 Å². The number of carbonyl (C=O) groups is 1. The normalized spacial score (nSPS) is 11.2. The Morgan fingerprint density at radius 1 is 0.971 bits per heavy atom. The molecule has 4 rings (SSSR count). The van der Waals surface area contributed by atoms with Gasteiger partial charge in [-0.25, -0.2) is 17.8 Å². The minimum absolute atomic E-state index is 0.163. The smallest absolute Gasteiger partial charge is 0.255 e. The first kappa shape index (κ1) is 23.2. The van der Waals surface area contributed by atoms with E-state index in [9.17, 15) is 13.2 Å². The number of hydrogen-bond donors (Lipinski definition) is 2. The average molecular weight is 477 g/mol. The van der Waals surface area contributed by atoms with Gasteiger partial charge in [0.1, 0.15) is 11.4 Å². The molecule has 174 valence electrons. The zero-order valence-corrected chi connectivity index (χ0v) is 19.5. The van der Waals surface area contributed by atoms with Gasteiger partial charge in [0, 0.05) is 18.3 Å². The molecule has 3 aromatic carbocycles. The minimum atomic E-state index is -3.51. The number of amides is 1. The highest BCUT2D eigenvalue weighted by atomic mass is 32.2. The summed E-state index contributed by atoms with van der Waals surface area (Å²) in [4.78, 5) is 13.3. The van der Waals surface area contributed by atoms with Crippen LogP contribution in [0.5, 0.6) is 5.75 Å². The van der Waals surface area contributed by atoms with Gasteiger partial charge in [0.15, 0.2) is 0 Å². The maximum atomic E-state index is 13.2. The molecule has 0 aliphatic heterocycles. The zero-order valence-electron chi connectivity index (χ0n) is 18.7. The van der Waals surface area contributed by atoms with Gasteiger partial charge in [-0.1, -0.05) is 30.3 Å². The van der Waals surface area contributed by atoms with Crippen LogP contribution in [0.4, 0.5) is 0 Å². The van der Waals surface area contributed by atoms with Crippen LogP contribution in [0.1, 0.15) is 15.9 Å². The molecule has 0 spiro atoms. The van der Waals surface area contributed by atoms with Crippen LogP contribution in [0.2, 0.25) is 0 Å². The topological polar surface area (TPSA) is 102 Å². The molecule has 34 heavy (non-hydrogen) atoms. The van der Waals surface area contributed by atoms with Crippen molar-refractivity contribution in [2.45, 2.75) is 11.4 Å². The summed E-state index contributed by atoms with van der Waals surface area (Å²) in [5.41, 5.74) is 3.34. The molecule has 1 heterocycles. The van der Waals surface area contributed by atoms with E-state index < -0.39 is 10.0 Å². The third-order valence-electron chi connectivity index (χ3n) is 5.30. The van der Waals surface area contributed by atoms with Crippen LogP contribution in [-0.4, -0.2) is 38.3 Å². The second-order valence-electron chi connectivity index (χ2n) is 7.43. The fourth-order valence-electron chi connectivity index (χ4n) is 3.40. The molecule has 0 bridgehead atoms. The highest BCUT2D eigenvalue weighted by Gasteiger charge is 2.19. The molecule has 1 amide bonds. The number of rotatable bonds is 8. The van der Waals surface area contributed by atoms with Crippen molar-refractivity contribution in [2.75, 3.05) is 14.2 Å².